The van der Waals surface area contributed by atoms with Crippen molar-refractivity contribution in [2.75, 3.05) is 0 Å². The SMILES string of the molecule is N#Cc1cccc(CN2C(=O)CC3(C(=O)C(CC(=O)O)Cc4ccc(Cl)cc43)C2=O)c1. The molecule has 31 heavy (non-hydrogen) atoms. The van der Waals surface area contributed by atoms with Crippen molar-refractivity contribution in [1.29, 1.82) is 5.26 Å². The van der Waals surface area contributed by atoms with Crippen LogP contribution in [0.25, 0.3) is 0 Å². The predicted molar refractivity (Wildman–Crippen MR) is 109 cm³/mol. The molecule has 1 saturated heterocycles. The molecule has 2 unspecified atom stereocenters. The number of fused-ring (bicyclic) bond motifs is 2. The van der Waals surface area contributed by atoms with E-state index in [1.807, 2.05) is 6.07 Å². The summed E-state index contributed by atoms with van der Waals surface area (Å²) in [4.78, 5) is 52.3. The maximum Gasteiger partial charge on any atom is 0.304 e. The molecule has 2 atom stereocenters. The Morgan fingerprint density at radius 2 is 2.00 bits per heavy atom. The second-order valence-electron chi connectivity index (χ2n) is 7.84. The van der Waals surface area contributed by atoms with Gasteiger partial charge in [0.1, 0.15) is 5.41 Å². The average molecular weight is 437 g/mol. The van der Waals surface area contributed by atoms with Gasteiger partial charge in [-0.2, -0.15) is 5.26 Å². The number of benzene rings is 2. The van der Waals surface area contributed by atoms with Crippen molar-refractivity contribution < 1.29 is 24.3 Å². The normalized spacial score (nSPS) is 22.5. The molecule has 1 fully saturated rings. The van der Waals surface area contributed by atoms with Crippen LogP contribution in [0, 0.1) is 17.2 Å². The number of hydrogen-bond donors (Lipinski definition) is 1. The van der Waals surface area contributed by atoms with Crippen LogP contribution < -0.4 is 0 Å². The number of nitriles is 1. The molecule has 0 bridgehead atoms. The average Bonchev–Trinajstić information content (AvgIpc) is 2.98. The number of Topliss-reactive ketones (excluding diaryl/α,β-unsaturated/α-hetero) is 1. The van der Waals surface area contributed by atoms with E-state index in [9.17, 15) is 24.3 Å². The zero-order valence-electron chi connectivity index (χ0n) is 16.3. The molecule has 2 aliphatic rings. The van der Waals surface area contributed by atoms with Crippen LogP contribution in [0.5, 0.6) is 0 Å². The van der Waals surface area contributed by atoms with Gasteiger partial charge in [-0.15, -0.1) is 0 Å². The smallest absolute Gasteiger partial charge is 0.304 e. The summed E-state index contributed by atoms with van der Waals surface area (Å²) in [6.45, 7) is -0.0816. The first-order valence-corrected chi connectivity index (χ1v) is 10.0. The standard InChI is InChI=1S/C23H17ClN2O5/c24-17-5-4-15-7-16(8-20(28)29)21(30)23(18(15)9-17)10-19(27)26(22(23)31)12-14-3-1-2-13(6-14)11-25/h1-6,9,16H,7-8,10,12H2,(H,28,29). The van der Waals surface area contributed by atoms with Gasteiger partial charge >= 0.3 is 5.97 Å². The van der Waals surface area contributed by atoms with Gasteiger partial charge in [-0.1, -0.05) is 29.8 Å². The highest BCUT2D eigenvalue weighted by molar-refractivity contribution is 6.31. The lowest BCUT2D eigenvalue weighted by Crippen LogP contribution is -2.51. The Morgan fingerprint density at radius 1 is 1.23 bits per heavy atom. The van der Waals surface area contributed by atoms with Gasteiger partial charge in [0, 0.05) is 10.9 Å². The van der Waals surface area contributed by atoms with Gasteiger partial charge in [0.25, 0.3) is 0 Å². The number of nitrogens with zero attached hydrogens (tertiary/aromatic N) is 2. The number of amides is 2. The minimum atomic E-state index is -1.78. The monoisotopic (exact) mass is 436 g/mol. The highest BCUT2D eigenvalue weighted by Gasteiger charge is 2.61. The van der Waals surface area contributed by atoms with Crippen LogP contribution in [-0.2, 0) is 37.6 Å². The Labute approximate surface area is 182 Å². The summed E-state index contributed by atoms with van der Waals surface area (Å²) < 4.78 is 0. The van der Waals surface area contributed by atoms with Crippen LogP contribution in [0.2, 0.25) is 5.02 Å². The molecule has 0 saturated carbocycles. The molecule has 2 amide bonds. The second kappa shape index (κ2) is 7.64. The molecule has 0 radical (unpaired) electrons. The lowest BCUT2D eigenvalue weighted by atomic mass is 9.63. The van der Waals surface area contributed by atoms with Crippen molar-refractivity contribution in [2.45, 2.75) is 31.2 Å². The zero-order chi connectivity index (χ0) is 22.3. The van der Waals surface area contributed by atoms with Crippen LogP contribution in [0.1, 0.15) is 35.1 Å². The van der Waals surface area contributed by atoms with Gasteiger partial charge in [-0.3, -0.25) is 24.1 Å². The Hall–Kier alpha value is -3.50. The number of hydrogen-bond acceptors (Lipinski definition) is 5. The molecule has 2 aromatic carbocycles. The number of aliphatic carboxylic acids is 1. The molecule has 8 heteroatoms. The summed E-state index contributed by atoms with van der Waals surface area (Å²) >= 11 is 6.14. The van der Waals surface area contributed by atoms with Gasteiger partial charge in [0.2, 0.25) is 11.8 Å². The summed E-state index contributed by atoms with van der Waals surface area (Å²) in [5, 5.41) is 18.7. The first kappa shape index (κ1) is 20.8. The number of carboxylic acids is 1. The fourth-order valence-corrected chi connectivity index (χ4v) is 4.74. The number of carbonyl (C=O) groups is 4. The summed E-state index contributed by atoms with van der Waals surface area (Å²) in [5.41, 5.74) is 0.207. The molecule has 2 aromatic rings. The maximum atomic E-state index is 13.6. The molecule has 1 heterocycles. The van der Waals surface area contributed by atoms with E-state index in [4.69, 9.17) is 16.9 Å². The lowest BCUT2D eigenvalue weighted by molar-refractivity contribution is -0.147. The quantitative estimate of drug-likeness (QED) is 0.581. The maximum absolute atomic E-state index is 13.6. The van der Waals surface area contributed by atoms with Gasteiger partial charge in [0.05, 0.1) is 31.0 Å². The minimum absolute atomic E-state index is 0.0816. The van der Waals surface area contributed by atoms with Gasteiger partial charge < -0.3 is 5.11 Å². The number of rotatable bonds is 4. The van der Waals surface area contributed by atoms with Gasteiger partial charge in [-0.25, -0.2) is 0 Å². The first-order chi connectivity index (χ1) is 14.8. The van der Waals surface area contributed by atoms with Crippen molar-refractivity contribution in [3.05, 3.63) is 69.7 Å². The van der Waals surface area contributed by atoms with Crippen LogP contribution in [0.4, 0.5) is 0 Å². The van der Waals surface area contributed by atoms with E-state index in [-0.39, 0.29) is 19.4 Å². The van der Waals surface area contributed by atoms with E-state index in [2.05, 4.69) is 0 Å². The van der Waals surface area contributed by atoms with E-state index in [1.165, 1.54) is 6.07 Å². The van der Waals surface area contributed by atoms with Crippen molar-refractivity contribution in [3.63, 3.8) is 0 Å². The first-order valence-electron chi connectivity index (χ1n) is 9.65. The molecule has 1 aliphatic heterocycles. The molecule has 0 aromatic heterocycles. The zero-order valence-corrected chi connectivity index (χ0v) is 17.1. The highest BCUT2D eigenvalue weighted by atomic mass is 35.5. The van der Waals surface area contributed by atoms with E-state index in [0.717, 1.165) is 4.90 Å². The van der Waals surface area contributed by atoms with Crippen molar-refractivity contribution >= 4 is 35.2 Å². The van der Waals surface area contributed by atoms with Gasteiger partial charge in [0.15, 0.2) is 5.78 Å². The number of carbonyl (C=O) groups excluding carboxylic acids is 3. The van der Waals surface area contributed by atoms with Gasteiger partial charge in [-0.05, 0) is 47.4 Å². The molecular weight excluding hydrogens is 420 g/mol. The minimum Gasteiger partial charge on any atom is -0.481 e. The Balaban J connectivity index is 1.79. The number of halogens is 1. The Kier molecular flexibility index (Phi) is 5.11. The fraction of sp³-hybridized carbons (Fsp3) is 0.261. The second-order valence-corrected chi connectivity index (χ2v) is 8.28. The molecule has 1 aliphatic carbocycles. The summed E-state index contributed by atoms with van der Waals surface area (Å²) in [6.07, 6.45) is -0.620. The van der Waals surface area contributed by atoms with Crippen molar-refractivity contribution in [1.82, 2.24) is 4.90 Å². The van der Waals surface area contributed by atoms with Crippen molar-refractivity contribution in [2.24, 2.45) is 5.92 Å². The third kappa shape index (κ3) is 3.39. The predicted octanol–water partition coefficient (Wildman–Crippen LogP) is 2.62. The molecule has 4 rings (SSSR count). The number of imide groups is 1. The summed E-state index contributed by atoms with van der Waals surface area (Å²) in [5.74, 6) is -3.82. The topological polar surface area (TPSA) is 116 Å². The Bertz CT molecular complexity index is 1180. The van der Waals surface area contributed by atoms with Crippen LogP contribution in [0.15, 0.2) is 42.5 Å². The van der Waals surface area contributed by atoms with E-state index >= 15 is 0 Å². The highest BCUT2D eigenvalue weighted by Crippen LogP contribution is 2.47. The number of carboxylic acid groups (broad SMARTS) is 1. The molecule has 1 N–H and O–H groups in total. The molecular formula is C23H17ClN2O5. The number of ketones is 1. The van der Waals surface area contributed by atoms with Crippen molar-refractivity contribution in [3.8, 4) is 6.07 Å². The van der Waals surface area contributed by atoms with Crippen LogP contribution >= 0.6 is 11.6 Å². The van der Waals surface area contributed by atoms with E-state index < -0.39 is 41.3 Å². The molecule has 1 spiro atoms. The third-order valence-electron chi connectivity index (χ3n) is 5.93. The van der Waals surface area contributed by atoms with Crippen LogP contribution in [-0.4, -0.2) is 33.6 Å². The largest absolute Gasteiger partial charge is 0.481 e. The molecule has 156 valence electrons. The van der Waals surface area contributed by atoms with E-state index in [0.29, 0.717) is 27.3 Å². The number of likely N-dealkylation sites (tertiary alicyclic amines) is 1. The summed E-state index contributed by atoms with van der Waals surface area (Å²) in [6, 6.07) is 13.4. The van der Waals surface area contributed by atoms with E-state index in [1.54, 1.807) is 36.4 Å². The fourth-order valence-electron chi connectivity index (χ4n) is 4.57. The third-order valence-corrected chi connectivity index (χ3v) is 6.17. The van der Waals surface area contributed by atoms with Crippen LogP contribution in [0.3, 0.4) is 0 Å². The Morgan fingerprint density at radius 3 is 2.71 bits per heavy atom. The summed E-state index contributed by atoms with van der Waals surface area (Å²) in [7, 11) is 0. The lowest BCUT2D eigenvalue weighted by Gasteiger charge is -2.36. The molecule has 7 nitrogen and oxygen atoms in total.